The Morgan fingerprint density at radius 2 is 1.96 bits per heavy atom. The van der Waals surface area contributed by atoms with Crippen LogP contribution in [0.25, 0.3) is 10.8 Å². The monoisotopic (exact) mass is 390 g/mol. The minimum Gasteiger partial charge on any atom is -0.507 e. The molecule has 0 aromatic heterocycles. The Labute approximate surface area is 160 Å². The van der Waals surface area contributed by atoms with Gasteiger partial charge >= 0.3 is 0 Å². The highest BCUT2D eigenvalue weighted by molar-refractivity contribution is 6.36. The third kappa shape index (κ3) is 4.12. The predicted octanol–water partition coefficient (Wildman–Crippen LogP) is 5.66. The summed E-state index contributed by atoms with van der Waals surface area (Å²) in [6.07, 6.45) is 1.09. The van der Waals surface area contributed by atoms with Crippen molar-refractivity contribution in [3.63, 3.8) is 0 Å². The number of nitrogens with zero attached hydrogens (tertiary/aromatic N) is 1. The molecule has 0 unspecified atom stereocenters. The maximum Gasteiger partial charge on any atom is 0.245 e. The summed E-state index contributed by atoms with van der Waals surface area (Å²) in [5.41, 5.74) is 4.61. The molecule has 0 radical (unpaired) electrons. The van der Waals surface area contributed by atoms with Gasteiger partial charge in [0.2, 0.25) is 6.40 Å². The molecule has 2 N–H and O–H groups in total. The van der Waals surface area contributed by atoms with Gasteiger partial charge in [0.05, 0.1) is 10.7 Å². The van der Waals surface area contributed by atoms with Crippen molar-refractivity contribution in [2.75, 3.05) is 5.48 Å². The van der Waals surface area contributed by atoms with Crippen LogP contribution in [0.4, 0.5) is 5.69 Å². The van der Waals surface area contributed by atoms with Crippen molar-refractivity contribution < 1.29 is 14.8 Å². The van der Waals surface area contributed by atoms with Gasteiger partial charge in [-0.15, -0.1) is 0 Å². The van der Waals surface area contributed by atoms with Crippen LogP contribution in [-0.4, -0.2) is 11.5 Å². The largest absolute Gasteiger partial charge is 0.507 e. The highest BCUT2D eigenvalue weighted by Gasteiger charge is 2.09. The van der Waals surface area contributed by atoms with Crippen molar-refractivity contribution in [1.29, 1.82) is 0 Å². The number of aromatic hydroxyl groups is 1. The van der Waals surface area contributed by atoms with Crippen LogP contribution in [0.1, 0.15) is 11.1 Å². The van der Waals surface area contributed by atoms with Crippen LogP contribution in [0.15, 0.2) is 53.7 Å². The van der Waals surface area contributed by atoms with Gasteiger partial charge in [-0.1, -0.05) is 52.6 Å². The maximum atomic E-state index is 10.3. The highest BCUT2D eigenvalue weighted by atomic mass is 35.5. The fourth-order valence-corrected chi connectivity index (χ4v) is 2.97. The molecular weight excluding hydrogens is 375 g/mol. The average Bonchev–Trinajstić information content (AvgIpc) is 2.63. The molecule has 0 aliphatic heterocycles. The van der Waals surface area contributed by atoms with Crippen molar-refractivity contribution in [2.45, 2.75) is 13.5 Å². The second-order valence-electron chi connectivity index (χ2n) is 5.56. The predicted molar refractivity (Wildman–Crippen MR) is 105 cm³/mol. The quantitative estimate of drug-likeness (QED) is 0.323. The number of aryl methyl sites for hydroxylation is 1. The number of phenols is 1. The first-order valence-corrected chi connectivity index (χ1v) is 8.52. The third-order valence-corrected chi connectivity index (χ3v) is 4.39. The molecule has 0 saturated heterocycles. The van der Waals surface area contributed by atoms with E-state index in [0.29, 0.717) is 21.3 Å². The zero-order valence-corrected chi connectivity index (χ0v) is 15.4. The number of rotatable bonds is 6. The van der Waals surface area contributed by atoms with Gasteiger partial charge < -0.3 is 14.8 Å². The van der Waals surface area contributed by atoms with Gasteiger partial charge in [0, 0.05) is 10.6 Å². The number of hydrogen-bond acceptors (Lipinski definition) is 5. The number of nitrogens with one attached hydrogen (secondary N) is 1. The number of benzene rings is 3. The molecular formula is C19H16Cl2N2O3. The van der Waals surface area contributed by atoms with Crippen molar-refractivity contribution >= 4 is 46.1 Å². The summed E-state index contributed by atoms with van der Waals surface area (Å²) in [5.74, 6) is 0.200. The van der Waals surface area contributed by atoms with E-state index in [9.17, 15) is 5.11 Å². The fourth-order valence-electron chi connectivity index (χ4n) is 2.52. The molecule has 3 aromatic rings. The third-order valence-electron chi connectivity index (χ3n) is 3.84. The molecule has 5 nitrogen and oxygen atoms in total. The molecule has 0 spiro atoms. The van der Waals surface area contributed by atoms with E-state index in [2.05, 4.69) is 10.6 Å². The van der Waals surface area contributed by atoms with Crippen LogP contribution in [0.5, 0.6) is 5.75 Å². The van der Waals surface area contributed by atoms with Gasteiger partial charge in [0.1, 0.15) is 12.4 Å². The topological polar surface area (TPSA) is 63.1 Å². The van der Waals surface area contributed by atoms with Crippen LogP contribution in [-0.2, 0) is 16.3 Å². The van der Waals surface area contributed by atoms with Gasteiger partial charge in [-0.05, 0) is 47.5 Å². The molecule has 0 aliphatic carbocycles. The first-order valence-electron chi connectivity index (χ1n) is 7.77. The van der Waals surface area contributed by atoms with Crippen molar-refractivity contribution in [2.24, 2.45) is 5.16 Å². The van der Waals surface area contributed by atoms with Gasteiger partial charge in [0.15, 0.2) is 0 Å². The SMILES string of the molecule is Cc1c(O)c(CO/N=C/ONc2ccc(Cl)cc2Cl)cc2ccccc12. The minimum atomic E-state index is 0.110. The van der Waals surface area contributed by atoms with Gasteiger partial charge in [-0.3, -0.25) is 0 Å². The van der Waals surface area contributed by atoms with E-state index in [4.69, 9.17) is 32.9 Å². The molecule has 0 amide bonds. The van der Waals surface area contributed by atoms with E-state index in [1.807, 2.05) is 37.3 Å². The Hall–Kier alpha value is -2.63. The Kier molecular flexibility index (Phi) is 5.71. The summed E-state index contributed by atoms with van der Waals surface area (Å²) in [6.45, 7) is 1.98. The summed E-state index contributed by atoms with van der Waals surface area (Å²) < 4.78 is 0. The van der Waals surface area contributed by atoms with E-state index in [-0.39, 0.29) is 12.4 Å². The molecule has 3 rings (SSSR count). The van der Waals surface area contributed by atoms with Crippen LogP contribution in [0.2, 0.25) is 10.0 Å². The van der Waals surface area contributed by atoms with E-state index in [1.165, 1.54) is 0 Å². The highest BCUT2D eigenvalue weighted by Crippen LogP contribution is 2.31. The minimum absolute atomic E-state index is 0.110. The van der Waals surface area contributed by atoms with Crippen LogP contribution >= 0.6 is 23.2 Å². The maximum absolute atomic E-state index is 10.3. The number of fused-ring (bicyclic) bond motifs is 1. The first kappa shape index (κ1) is 18.2. The van der Waals surface area contributed by atoms with Crippen LogP contribution in [0, 0.1) is 6.92 Å². The number of hydrogen-bond donors (Lipinski definition) is 2. The molecule has 0 bridgehead atoms. The number of phenolic OH excluding ortho intramolecular Hbond substituents is 1. The lowest BCUT2D eigenvalue weighted by atomic mass is 10.0. The number of oxime groups is 1. The van der Waals surface area contributed by atoms with Gasteiger partial charge in [-0.2, -0.15) is 0 Å². The lowest BCUT2D eigenvalue weighted by Gasteiger charge is -2.10. The van der Waals surface area contributed by atoms with E-state index in [0.717, 1.165) is 22.7 Å². The first-order chi connectivity index (χ1) is 12.6. The molecule has 0 saturated carbocycles. The molecule has 7 heteroatoms. The van der Waals surface area contributed by atoms with E-state index in [1.54, 1.807) is 18.2 Å². The summed E-state index contributed by atoms with van der Waals surface area (Å²) in [4.78, 5) is 10.2. The van der Waals surface area contributed by atoms with Gasteiger partial charge in [0.25, 0.3) is 0 Å². The van der Waals surface area contributed by atoms with Crippen molar-refractivity contribution in [3.05, 3.63) is 69.7 Å². The smallest absolute Gasteiger partial charge is 0.245 e. The van der Waals surface area contributed by atoms with Crippen molar-refractivity contribution in [3.8, 4) is 5.75 Å². The second-order valence-corrected chi connectivity index (χ2v) is 6.40. The zero-order valence-electron chi connectivity index (χ0n) is 13.9. The Bertz CT molecular complexity index is 961. The van der Waals surface area contributed by atoms with Crippen LogP contribution in [0.3, 0.4) is 0 Å². The lowest BCUT2D eigenvalue weighted by Crippen LogP contribution is -2.00. The molecule has 0 aliphatic rings. The summed E-state index contributed by atoms with van der Waals surface area (Å²) >= 11 is 11.8. The second kappa shape index (κ2) is 8.17. The summed E-state index contributed by atoms with van der Waals surface area (Å²) in [7, 11) is 0. The standard InChI is InChI=1S/C19H16Cl2N2O3/c1-12-16-5-3-2-4-13(16)8-14(19(12)24)10-25-22-11-26-23-18-7-6-15(20)9-17(18)21/h2-9,11,23-24H,10H2,1H3/b22-11+. The average molecular weight is 391 g/mol. The fraction of sp³-hybridized carbons (Fsp3) is 0.105. The lowest BCUT2D eigenvalue weighted by molar-refractivity contribution is 0.123. The van der Waals surface area contributed by atoms with Crippen LogP contribution < -0.4 is 5.48 Å². The normalized spacial score (nSPS) is 11.0. The number of halogens is 2. The number of anilines is 1. The Balaban J connectivity index is 1.57. The molecule has 0 heterocycles. The van der Waals surface area contributed by atoms with E-state index >= 15 is 0 Å². The summed E-state index contributed by atoms with van der Waals surface area (Å²) in [6, 6.07) is 14.7. The summed E-state index contributed by atoms with van der Waals surface area (Å²) in [5, 5.41) is 17.0. The Morgan fingerprint density at radius 3 is 2.77 bits per heavy atom. The zero-order chi connectivity index (χ0) is 18.5. The Morgan fingerprint density at radius 1 is 1.15 bits per heavy atom. The van der Waals surface area contributed by atoms with Crippen molar-refractivity contribution in [1.82, 2.24) is 0 Å². The van der Waals surface area contributed by atoms with E-state index < -0.39 is 0 Å². The molecule has 134 valence electrons. The molecule has 0 atom stereocenters. The molecule has 26 heavy (non-hydrogen) atoms. The van der Waals surface area contributed by atoms with Gasteiger partial charge in [-0.25, -0.2) is 5.48 Å². The molecule has 0 fully saturated rings. The molecule has 3 aromatic carbocycles.